The molecule has 33 heavy (non-hydrogen) atoms. The fourth-order valence-electron chi connectivity index (χ4n) is 3.14. The third-order valence-corrected chi connectivity index (χ3v) is 4.80. The predicted octanol–water partition coefficient (Wildman–Crippen LogP) is 3.79. The van der Waals surface area contributed by atoms with Crippen molar-refractivity contribution in [3.8, 4) is 0 Å². The molecule has 0 amide bonds. The number of nitrogens with zero attached hydrogens (tertiary/aromatic N) is 5. The second-order valence-corrected chi connectivity index (χ2v) is 7.21. The molecule has 11 heteroatoms. The van der Waals surface area contributed by atoms with Crippen LogP contribution in [0.3, 0.4) is 0 Å². The number of nitrogens with one attached hydrogen (secondary N) is 2. The van der Waals surface area contributed by atoms with Crippen LogP contribution in [0.25, 0.3) is 0 Å². The highest BCUT2D eigenvalue weighted by Crippen LogP contribution is 2.29. The van der Waals surface area contributed by atoms with E-state index in [1.807, 2.05) is 35.2 Å². The first-order valence-electron chi connectivity index (χ1n) is 10.3. The fraction of sp³-hybridized carbons (Fsp3) is 0.273. The summed E-state index contributed by atoms with van der Waals surface area (Å²) in [5.74, 6) is 0.984. The van der Waals surface area contributed by atoms with Gasteiger partial charge in [-0.1, -0.05) is 42.5 Å². The van der Waals surface area contributed by atoms with E-state index < -0.39 is 11.7 Å². The molecular formula is C22H22F3N7O. The molecule has 1 saturated heterocycles. The smallest absolute Gasteiger partial charge is 0.378 e. The number of halogens is 3. The SMILES string of the molecule is FC(F)(F)c1cccc(/C=N\Nc2nc(NCc3ccccc3)nc(N3CCOCC3)n2)c1. The molecular weight excluding hydrogens is 435 g/mol. The summed E-state index contributed by atoms with van der Waals surface area (Å²) in [6.07, 6.45) is -3.14. The maximum absolute atomic E-state index is 12.9. The van der Waals surface area contributed by atoms with Crippen molar-refractivity contribution in [1.29, 1.82) is 0 Å². The zero-order valence-corrected chi connectivity index (χ0v) is 17.6. The van der Waals surface area contributed by atoms with E-state index in [1.54, 1.807) is 0 Å². The van der Waals surface area contributed by atoms with Crippen molar-refractivity contribution in [2.24, 2.45) is 5.10 Å². The Kier molecular flexibility index (Phi) is 6.98. The number of aromatic nitrogens is 3. The van der Waals surface area contributed by atoms with Crippen LogP contribution in [0.1, 0.15) is 16.7 Å². The van der Waals surface area contributed by atoms with Crippen LogP contribution in [-0.2, 0) is 17.5 Å². The Morgan fingerprint density at radius 3 is 2.48 bits per heavy atom. The fourth-order valence-corrected chi connectivity index (χ4v) is 3.14. The second-order valence-electron chi connectivity index (χ2n) is 7.21. The van der Waals surface area contributed by atoms with Crippen LogP contribution in [0, 0.1) is 0 Å². The molecule has 2 heterocycles. The third-order valence-electron chi connectivity index (χ3n) is 4.80. The lowest BCUT2D eigenvalue weighted by Gasteiger charge is -2.27. The van der Waals surface area contributed by atoms with Crippen LogP contribution in [0.5, 0.6) is 0 Å². The van der Waals surface area contributed by atoms with Gasteiger partial charge < -0.3 is 15.0 Å². The van der Waals surface area contributed by atoms with Crippen LogP contribution in [0.15, 0.2) is 59.7 Å². The van der Waals surface area contributed by atoms with Crippen molar-refractivity contribution >= 4 is 24.1 Å². The number of hydrogen-bond donors (Lipinski definition) is 2. The number of rotatable bonds is 7. The number of alkyl halides is 3. The van der Waals surface area contributed by atoms with Gasteiger partial charge in [-0.05, 0) is 23.3 Å². The highest BCUT2D eigenvalue weighted by atomic mass is 19.4. The summed E-state index contributed by atoms with van der Waals surface area (Å²) in [5, 5.41) is 7.19. The van der Waals surface area contributed by atoms with E-state index in [9.17, 15) is 13.2 Å². The van der Waals surface area contributed by atoms with Crippen LogP contribution in [0.4, 0.5) is 31.0 Å². The van der Waals surface area contributed by atoms with Crippen molar-refractivity contribution in [1.82, 2.24) is 15.0 Å². The highest BCUT2D eigenvalue weighted by Gasteiger charge is 2.30. The zero-order valence-electron chi connectivity index (χ0n) is 17.6. The summed E-state index contributed by atoms with van der Waals surface area (Å²) in [7, 11) is 0. The minimum absolute atomic E-state index is 0.172. The van der Waals surface area contributed by atoms with Gasteiger partial charge in [-0.2, -0.15) is 33.2 Å². The monoisotopic (exact) mass is 457 g/mol. The molecule has 1 aliphatic heterocycles. The van der Waals surface area contributed by atoms with Gasteiger partial charge in [-0.15, -0.1) is 0 Å². The molecule has 172 valence electrons. The molecule has 0 bridgehead atoms. The standard InChI is InChI=1S/C22H22F3N7O/c23-22(24,25)18-8-4-7-17(13-18)15-27-31-20-28-19(26-14-16-5-2-1-3-6-16)29-21(30-20)32-9-11-33-12-10-32/h1-8,13,15H,9-12,14H2,(H2,26,28,29,30,31)/b27-15-. The van der Waals surface area contributed by atoms with Gasteiger partial charge in [0.25, 0.3) is 0 Å². The molecule has 0 unspecified atom stereocenters. The van der Waals surface area contributed by atoms with Gasteiger partial charge in [-0.3, -0.25) is 0 Å². The molecule has 0 saturated carbocycles. The maximum atomic E-state index is 12.9. The molecule has 0 aliphatic carbocycles. The Morgan fingerprint density at radius 1 is 0.970 bits per heavy atom. The van der Waals surface area contributed by atoms with Crippen LogP contribution < -0.4 is 15.6 Å². The third kappa shape index (κ3) is 6.39. The molecule has 0 atom stereocenters. The van der Waals surface area contributed by atoms with E-state index in [4.69, 9.17) is 4.74 Å². The van der Waals surface area contributed by atoms with E-state index in [-0.39, 0.29) is 5.95 Å². The zero-order chi connectivity index (χ0) is 23.1. The Balaban J connectivity index is 1.51. The van der Waals surface area contributed by atoms with E-state index in [2.05, 4.69) is 30.8 Å². The summed E-state index contributed by atoms with van der Waals surface area (Å²) < 4.78 is 44.1. The van der Waals surface area contributed by atoms with Crippen LogP contribution in [-0.4, -0.2) is 47.5 Å². The molecule has 0 spiro atoms. The average molecular weight is 457 g/mol. The number of benzene rings is 2. The molecule has 2 aromatic carbocycles. The van der Waals surface area contributed by atoms with Crippen molar-refractivity contribution in [2.45, 2.75) is 12.7 Å². The van der Waals surface area contributed by atoms with E-state index in [1.165, 1.54) is 18.3 Å². The minimum Gasteiger partial charge on any atom is -0.378 e. The number of morpholine rings is 1. The van der Waals surface area contributed by atoms with Gasteiger partial charge in [0.2, 0.25) is 17.8 Å². The summed E-state index contributed by atoms with van der Waals surface area (Å²) in [6.45, 7) is 2.91. The molecule has 1 aromatic heterocycles. The van der Waals surface area contributed by atoms with Crippen molar-refractivity contribution in [2.75, 3.05) is 41.9 Å². The lowest BCUT2D eigenvalue weighted by Crippen LogP contribution is -2.37. The summed E-state index contributed by atoms with van der Waals surface area (Å²) in [4.78, 5) is 15.2. The predicted molar refractivity (Wildman–Crippen MR) is 119 cm³/mol. The van der Waals surface area contributed by atoms with Crippen molar-refractivity contribution in [3.05, 3.63) is 71.3 Å². The average Bonchev–Trinajstić information content (AvgIpc) is 2.84. The van der Waals surface area contributed by atoms with Gasteiger partial charge in [-0.25, -0.2) is 5.43 Å². The van der Waals surface area contributed by atoms with Crippen molar-refractivity contribution in [3.63, 3.8) is 0 Å². The topological polar surface area (TPSA) is 87.6 Å². The van der Waals surface area contributed by atoms with Gasteiger partial charge in [0.1, 0.15) is 0 Å². The molecule has 4 rings (SSSR count). The molecule has 0 radical (unpaired) electrons. The summed E-state index contributed by atoms with van der Waals surface area (Å²) >= 11 is 0. The Labute approximate surface area is 188 Å². The Morgan fingerprint density at radius 2 is 1.73 bits per heavy atom. The first-order valence-corrected chi connectivity index (χ1v) is 10.3. The quantitative estimate of drug-likeness (QED) is 0.412. The largest absolute Gasteiger partial charge is 0.416 e. The summed E-state index contributed by atoms with van der Waals surface area (Å²) in [6, 6.07) is 14.7. The van der Waals surface area contributed by atoms with Gasteiger partial charge in [0, 0.05) is 19.6 Å². The molecule has 1 aliphatic rings. The van der Waals surface area contributed by atoms with E-state index in [0.29, 0.717) is 50.3 Å². The Hall–Kier alpha value is -3.73. The first-order chi connectivity index (χ1) is 16.0. The Bertz CT molecular complexity index is 1090. The first kappa shape index (κ1) is 22.5. The van der Waals surface area contributed by atoms with E-state index >= 15 is 0 Å². The molecule has 8 nitrogen and oxygen atoms in total. The normalized spacial score (nSPS) is 14.5. The maximum Gasteiger partial charge on any atom is 0.416 e. The lowest BCUT2D eigenvalue weighted by molar-refractivity contribution is -0.137. The van der Waals surface area contributed by atoms with Crippen LogP contribution >= 0.6 is 0 Å². The number of ether oxygens (including phenoxy) is 1. The summed E-state index contributed by atoms with van der Waals surface area (Å²) in [5.41, 5.74) is 3.31. The van der Waals surface area contributed by atoms with E-state index in [0.717, 1.165) is 17.7 Å². The van der Waals surface area contributed by atoms with Crippen LogP contribution in [0.2, 0.25) is 0 Å². The molecule has 3 aromatic rings. The number of hydrogen-bond acceptors (Lipinski definition) is 8. The molecule has 1 fully saturated rings. The number of hydrazone groups is 1. The lowest BCUT2D eigenvalue weighted by atomic mass is 10.1. The van der Waals surface area contributed by atoms with Gasteiger partial charge in [0.15, 0.2) is 0 Å². The van der Waals surface area contributed by atoms with Gasteiger partial charge >= 0.3 is 6.18 Å². The number of anilines is 3. The minimum atomic E-state index is -4.42. The highest BCUT2D eigenvalue weighted by molar-refractivity contribution is 5.80. The second kappa shape index (κ2) is 10.3. The van der Waals surface area contributed by atoms with Gasteiger partial charge in [0.05, 0.1) is 25.0 Å². The molecule has 2 N–H and O–H groups in total. The van der Waals surface area contributed by atoms with Crippen molar-refractivity contribution < 1.29 is 17.9 Å².